The molecule has 0 aliphatic rings. The van der Waals surface area contributed by atoms with Crippen molar-refractivity contribution < 1.29 is 9.21 Å². The van der Waals surface area contributed by atoms with Crippen molar-refractivity contribution >= 4 is 55.3 Å². The average molecular weight is 374 g/mol. The molecule has 0 spiro atoms. The zero-order valence-corrected chi connectivity index (χ0v) is 14.6. The Morgan fingerprint density at radius 3 is 2.92 bits per heavy atom. The van der Waals surface area contributed by atoms with Gasteiger partial charge in [0.2, 0.25) is 5.91 Å². The number of rotatable bonds is 3. The van der Waals surface area contributed by atoms with Crippen LogP contribution in [-0.2, 0) is 11.3 Å². The van der Waals surface area contributed by atoms with E-state index in [0.29, 0.717) is 21.3 Å². The molecule has 8 heteroatoms. The van der Waals surface area contributed by atoms with Crippen LogP contribution in [0.4, 0.5) is 5.13 Å². The van der Waals surface area contributed by atoms with Crippen molar-refractivity contribution in [2.24, 2.45) is 0 Å². The molecular weight excluding hydrogens is 362 g/mol. The van der Waals surface area contributed by atoms with Crippen molar-refractivity contribution in [2.45, 2.75) is 13.5 Å². The van der Waals surface area contributed by atoms with E-state index in [4.69, 9.17) is 16.0 Å². The minimum Gasteiger partial charge on any atom is -0.408 e. The molecule has 1 N–H and O–H groups in total. The second-order valence-electron chi connectivity index (χ2n) is 5.53. The standard InChI is InChI=1S/C17H12ClN3O3S/c1-9-6-7-10(18)15-14(9)20-16(25-15)19-13(22)8-21-11-4-2-3-5-12(11)24-17(21)23/h2-7H,8H2,1H3,(H,19,20,22). The lowest BCUT2D eigenvalue weighted by atomic mass is 10.2. The van der Waals surface area contributed by atoms with Crippen LogP contribution >= 0.6 is 22.9 Å². The Kier molecular flexibility index (Phi) is 3.82. The SMILES string of the molecule is Cc1ccc(Cl)c2sc(NC(=O)Cn3c(=O)oc4ccccc43)nc12. The van der Waals surface area contributed by atoms with Crippen LogP contribution in [0.5, 0.6) is 0 Å². The van der Waals surface area contributed by atoms with E-state index >= 15 is 0 Å². The summed E-state index contributed by atoms with van der Waals surface area (Å²) in [7, 11) is 0. The number of fused-ring (bicyclic) bond motifs is 2. The van der Waals surface area contributed by atoms with E-state index in [2.05, 4.69) is 10.3 Å². The van der Waals surface area contributed by atoms with Gasteiger partial charge in [0.05, 0.1) is 20.8 Å². The van der Waals surface area contributed by atoms with Crippen LogP contribution in [0.3, 0.4) is 0 Å². The number of para-hydroxylation sites is 2. The molecule has 0 unspecified atom stereocenters. The average Bonchev–Trinajstić information content (AvgIpc) is 3.14. The largest absolute Gasteiger partial charge is 0.420 e. The number of hydrogen-bond donors (Lipinski definition) is 1. The summed E-state index contributed by atoms with van der Waals surface area (Å²) in [5, 5.41) is 3.76. The molecule has 2 aromatic heterocycles. The molecule has 2 aromatic carbocycles. The number of amides is 1. The quantitative estimate of drug-likeness (QED) is 0.592. The number of benzene rings is 2. The molecule has 0 saturated carbocycles. The second-order valence-corrected chi connectivity index (χ2v) is 6.94. The number of thiazole rings is 1. The van der Waals surface area contributed by atoms with Gasteiger partial charge in [-0.15, -0.1) is 0 Å². The molecule has 126 valence electrons. The van der Waals surface area contributed by atoms with Crippen molar-refractivity contribution in [3.8, 4) is 0 Å². The van der Waals surface area contributed by atoms with E-state index in [1.54, 1.807) is 30.3 Å². The van der Waals surface area contributed by atoms with Crippen molar-refractivity contribution in [3.05, 3.63) is 57.5 Å². The molecule has 1 amide bonds. The number of carbonyl (C=O) groups is 1. The Hall–Kier alpha value is -2.64. The van der Waals surface area contributed by atoms with Crippen molar-refractivity contribution in [2.75, 3.05) is 5.32 Å². The Labute approximate surface area is 150 Å². The topological polar surface area (TPSA) is 77.1 Å². The van der Waals surface area contributed by atoms with Gasteiger partial charge in [-0.05, 0) is 30.7 Å². The molecule has 25 heavy (non-hydrogen) atoms. The number of hydrogen-bond acceptors (Lipinski definition) is 5. The molecule has 0 aliphatic carbocycles. The van der Waals surface area contributed by atoms with Gasteiger partial charge in [0.1, 0.15) is 6.54 Å². The fourth-order valence-electron chi connectivity index (χ4n) is 2.62. The van der Waals surface area contributed by atoms with Gasteiger partial charge in [-0.1, -0.05) is 41.1 Å². The summed E-state index contributed by atoms with van der Waals surface area (Å²) in [6.45, 7) is 1.78. The Bertz CT molecular complexity index is 1140. The summed E-state index contributed by atoms with van der Waals surface area (Å²) in [5.74, 6) is -0.930. The molecule has 0 saturated heterocycles. The van der Waals surface area contributed by atoms with Crippen molar-refractivity contribution in [1.29, 1.82) is 0 Å². The van der Waals surface area contributed by atoms with E-state index in [9.17, 15) is 9.59 Å². The Morgan fingerprint density at radius 2 is 2.12 bits per heavy atom. The third-order valence-corrected chi connectivity index (χ3v) is 5.25. The van der Waals surface area contributed by atoms with Crippen LogP contribution in [0.25, 0.3) is 21.3 Å². The molecule has 0 fully saturated rings. The minimum absolute atomic E-state index is 0.154. The molecule has 0 bridgehead atoms. The van der Waals surface area contributed by atoms with Crippen LogP contribution in [0.15, 0.2) is 45.6 Å². The summed E-state index contributed by atoms with van der Waals surface area (Å²) < 4.78 is 7.24. The van der Waals surface area contributed by atoms with Gasteiger partial charge in [-0.3, -0.25) is 9.36 Å². The van der Waals surface area contributed by atoms with Crippen LogP contribution in [0.1, 0.15) is 5.56 Å². The first-order chi connectivity index (χ1) is 12.0. The number of oxazole rings is 1. The van der Waals surface area contributed by atoms with Crippen LogP contribution in [0.2, 0.25) is 5.02 Å². The maximum atomic E-state index is 12.3. The lowest BCUT2D eigenvalue weighted by molar-refractivity contribution is -0.116. The number of nitrogens with zero attached hydrogens (tertiary/aromatic N) is 2. The van der Waals surface area contributed by atoms with E-state index < -0.39 is 5.76 Å². The smallest absolute Gasteiger partial charge is 0.408 e. The van der Waals surface area contributed by atoms with E-state index in [1.165, 1.54) is 15.9 Å². The molecule has 4 aromatic rings. The zero-order valence-electron chi connectivity index (χ0n) is 13.1. The number of nitrogens with one attached hydrogen (secondary N) is 1. The summed E-state index contributed by atoms with van der Waals surface area (Å²) in [4.78, 5) is 28.7. The third-order valence-electron chi connectivity index (χ3n) is 3.82. The number of anilines is 1. The number of aromatic nitrogens is 2. The fourth-order valence-corrected chi connectivity index (χ4v) is 3.85. The first-order valence-corrected chi connectivity index (χ1v) is 8.66. The summed E-state index contributed by atoms with van der Waals surface area (Å²) in [6.07, 6.45) is 0. The highest BCUT2D eigenvalue weighted by atomic mass is 35.5. The van der Waals surface area contributed by atoms with Crippen LogP contribution < -0.4 is 11.1 Å². The molecule has 2 heterocycles. The van der Waals surface area contributed by atoms with Crippen molar-refractivity contribution in [3.63, 3.8) is 0 Å². The maximum absolute atomic E-state index is 12.3. The Balaban J connectivity index is 1.62. The number of halogens is 1. The Morgan fingerprint density at radius 1 is 1.32 bits per heavy atom. The van der Waals surface area contributed by atoms with Gasteiger partial charge in [0, 0.05) is 0 Å². The summed E-state index contributed by atoms with van der Waals surface area (Å²) in [6, 6.07) is 10.7. The van der Waals surface area contributed by atoms with Crippen LogP contribution in [-0.4, -0.2) is 15.5 Å². The van der Waals surface area contributed by atoms with Gasteiger partial charge in [-0.25, -0.2) is 9.78 Å². The van der Waals surface area contributed by atoms with E-state index in [-0.39, 0.29) is 12.5 Å². The highest BCUT2D eigenvalue weighted by Crippen LogP contribution is 2.33. The predicted octanol–water partition coefficient (Wildman–Crippen LogP) is 3.80. The summed E-state index contributed by atoms with van der Waals surface area (Å²) in [5.41, 5.74) is 2.76. The molecule has 0 radical (unpaired) electrons. The predicted molar refractivity (Wildman–Crippen MR) is 98.5 cm³/mol. The molecular formula is C17H12ClN3O3S. The molecule has 0 atom stereocenters. The molecule has 0 aliphatic heterocycles. The van der Waals surface area contributed by atoms with Gasteiger partial charge < -0.3 is 9.73 Å². The summed E-state index contributed by atoms with van der Waals surface area (Å²) >= 11 is 7.48. The lowest BCUT2D eigenvalue weighted by Gasteiger charge is -2.02. The molecule has 6 nitrogen and oxygen atoms in total. The van der Waals surface area contributed by atoms with Gasteiger partial charge in [0.15, 0.2) is 10.7 Å². The normalized spacial score (nSPS) is 11.3. The minimum atomic E-state index is -0.570. The lowest BCUT2D eigenvalue weighted by Crippen LogP contribution is -2.24. The highest BCUT2D eigenvalue weighted by Gasteiger charge is 2.15. The van der Waals surface area contributed by atoms with Gasteiger partial charge in [0.25, 0.3) is 0 Å². The first-order valence-electron chi connectivity index (χ1n) is 7.47. The van der Waals surface area contributed by atoms with Crippen LogP contribution in [0, 0.1) is 6.92 Å². The first kappa shape index (κ1) is 15.9. The van der Waals surface area contributed by atoms with Gasteiger partial charge in [-0.2, -0.15) is 0 Å². The van der Waals surface area contributed by atoms with E-state index in [1.807, 2.05) is 13.0 Å². The van der Waals surface area contributed by atoms with Crippen molar-refractivity contribution in [1.82, 2.24) is 9.55 Å². The molecule has 4 rings (SSSR count). The number of carbonyl (C=O) groups excluding carboxylic acids is 1. The fraction of sp³-hybridized carbons (Fsp3) is 0.118. The number of aryl methyl sites for hydroxylation is 1. The third kappa shape index (κ3) is 2.81. The zero-order chi connectivity index (χ0) is 17.6. The monoisotopic (exact) mass is 373 g/mol. The second kappa shape index (κ2) is 6.02. The van der Waals surface area contributed by atoms with Gasteiger partial charge >= 0.3 is 5.76 Å². The van der Waals surface area contributed by atoms with E-state index in [0.717, 1.165) is 15.8 Å². The maximum Gasteiger partial charge on any atom is 0.420 e. The highest BCUT2D eigenvalue weighted by molar-refractivity contribution is 7.23.